The van der Waals surface area contributed by atoms with Crippen molar-refractivity contribution in [1.82, 2.24) is 9.97 Å². The van der Waals surface area contributed by atoms with Crippen LogP contribution in [0.3, 0.4) is 0 Å². The zero-order valence-electron chi connectivity index (χ0n) is 13.0. The molecule has 1 aromatic carbocycles. The van der Waals surface area contributed by atoms with Crippen LogP contribution in [0, 0.1) is 6.92 Å². The molecular weight excluding hydrogens is 264 g/mol. The van der Waals surface area contributed by atoms with E-state index in [1.807, 2.05) is 37.3 Å². The molecule has 2 aromatic rings. The minimum atomic E-state index is 0.344. The maximum atomic E-state index is 5.22. The summed E-state index contributed by atoms with van der Waals surface area (Å²) in [4.78, 5) is 8.91. The largest absolute Gasteiger partial charge is 0.497 e. The third-order valence-corrected chi connectivity index (χ3v) is 3.18. The van der Waals surface area contributed by atoms with Gasteiger partial charge >= 0.3 is 0 Å². The first kappa shape index (κ1) is 15.1. The van der Waals surface area contributed by atoms with Crippen LogP contribution in [0.1, 0.15) is 26.0 Å². The number of aryl methyl sites for hydroxylation is 1. The molecule has 5 heteroatoms. The van der Waals surface area contributed by atoms with E-state index in [1.165, 1.54) is 0 Å². The van der Waals surface area contributed by atoms with E-state index in [1.54, 1.807) is 7.11 Å². The Morgan fingerprint density at radius 2 is 2.05 bits per heavy atom. The first-order valence-corrected chi connectivity index (χ1v) is 7.14. The first-order chi connectivity index (χ1) is 10.1. The number of nitrogens with one attached hydrogen (secondary N) is 2. The lowest BCUT2D eigenvalue weighted by Gasteiger charge is -2.13. The zero-order chi connectivity index (χ0) is 15.2. The summed E-state index contributed by atoms with van der Waals surface area (Å²) in [6.07, 6.45) is 1.02. The van der Waals surface area contributed by atoms with E-state index in [-0.39, 0.29) is 0 Å². The van der Waals surface area contributed by atoms with Gasteiger partial charge in [-0.3, -0.25) is 0 Å². The Kier molecular flexibility index (Phi) is 4.98. The summed E-state index contributed by atoms with van der Waals surface area (Å²) in [7, 11) is 1.65. The molecule has 112 valence electrons. The number of ether oxygens (including phenoxy) is 1. The van der Waals surface area contributed by atoms with Gasteiger partial charge in [-0.2, -0.15) is 4.98 Å². The van der Waals surface area contributed by atoms with Gasteiger partial charge in [-0.05, 0) is 32.4 Å². The van der Waals surface area contributed by atoms with Gasteiger partial charge in [-0.15, -0.1) is 0 Å². The highest BCUT2D eigenvalue weighted by Crippen LogP contribution is 2.21. The third kappa shape index (κ3) is 4.34. The summed E-state index contributed by atoms with van der Waals surface area (Å²) < 4.78 is 5.22. The fourth-order valence-corrected chi connectivity index (χ4v) is 1.87. The second kappa shape index (κ2) is 6.92. The predicted molar refractivity (Wildman–Crippen MR) is 86.4 cm³/mol. The van der Waals surface area contributed by atoms with Crippen LogP contribution >= 0.6 is 0 Å². The monoisotopic (exact) mass is 286 g/mol. The minimum absolute atomic E-state index is 0.344. The van der Waals surface area contributed by atoms with Crippen molar-refractivity contribution in [3.63, 3.8) is 0 Å². The van der Waals surface area contributed by atoms with Crippen LogP contribution in [0.5, 0.6) is 5.75 Å². The number of rotatable bonds is 6. The number of hydrogen-bond acceptors (Lipinski definition) is 5. The number of hydrogen-bond donors (Lipinski definition) is 2. The van der Waals surface area contributed by atoms with Gasteiger partial charge in [0.15, 0.2) is 0 Å². The molecule has 0 saturated carbocycles. The van der Waals surface area contributed by atoms with Crippen LogP contribution < -0.4 is 15.4 Å². The quantitative estimate of drug-likeness (QED) is 0.847. The second-order valence-electron chi connectivity index (χ2n) is 5.03. The van der Waals surface area contributed by atoms with Crippen molar-refractivity contribution in [3.8, 4) is 5.75 Å². The smallest absolute Gasteiger partial charge is 0.225 e. The number of anilines is 3. The van der Waals surface area contributed by atoms with E-state index in [2.05, 4.69) is 34.4 Å². The molecule has 0 bridgehead atoms. The molecule has 1 unspecified atom stereocenters. The molecule has 0 radical (unpaired) electrons. The van der Waals surface area contributed by atoms with Gasteiger partial charge in [0.05, 0.1) is 7.11 Å². The zero-order valence-corrected chi connectivity index (χ0v) is 13.0. The molecule has 0 spiro atoms. The third-order valence-electron chi connectivity index (χ3n) is 3.18. The molecule has 2 rings (SSSR count). The molecule has 0 saturated heterocycles. The van der Waals surface area contributed by atoms with Crippen molar-refractivity contribution in [2.24, 2.45) is 0 Å². The average Bonchev–Trinajstić information content (AvgIpc) is 2.46. The average molecular weight is 286 g/mol. The van der Waals surface area contributed by atoms with Crippen LogP contribution in [0.2, 0.25) is 0 Å². The van der Waals surface area contributed by atoms with E-state index < -0.39 is 0 Å². The van der Waals surface area contributed by atoms with Crippen LogP contribution in [0.4, 0.5) is 17.5 Å². The maximum absolute atomic E-state index is 5.22. The molecule has 0 aliphatic rings. The highest BCUT2D eigenvalue weighted by atomic mass is 16.5. The molecule has 0 fully saturated rings. The summed E-state index contributed by atoms with van der Waals surface area (Å²) in [5, 5.41) is 6.57. The van der Waals surface area contributed by atoms with Crippen molar-refractivity contribution in [2.45, 2.75) is 33.2 Å². The Labute approximate surface area is 125 Å². The lowest BCUT2D eigenvalue weighted by Crippen LogP contribution is -2.16. The van der Waals surface area contributed by atoms with Crippen molar-refractivity contribution >= 4 is 17.5 Å². The molecular formula is C16H22N4O. The lowest BCUT2D eigenvalue weighted by atomic mass is 10.3. The predicted octanol–water partition coefficient (Wildman–Crippen LogP) is 3.75. The van der Waals surface area contributed by atoms with E-state index in [0.29, 0.717) is 12.0 Å². The van der Waals surface area contributed by atoms with Crippen molar-refractivity contribution < 1.29 is 4.74 Å². The van der Waals surface area contributed by atoms with Crippen LogP contribution in [0.15, 0.2) is 30.3 Å². The standard InChI is InChI=1S/C16H22N4O/c1-5-11(2)17-16-18-12(3)9-15(20-16)19-13-7-6-8-14(10-13)21-4/h6-11H,5H2,1-4H3,(H2,17,18,19,20). The van der Waals surface area contributed by atoms with E-state index >= 15 is 0 Å². The molecule has 1 aromatic heterocycles. The normalized spacial score (nSPS) is 11.8. The fraction of sp³-hybridized carbons (Fsp3) is 0.375. The van der Waals surface area contributed by atoms with E-state index in [4.69, 9.17) is 4.74 Å². The summed E-state index contributed by atoms with van der Waals surface area (Å²) in [5.74, 6) is 2.22. The van der Waals surface area contributed by atoms with Crippen LogP contribution in [-0.4, -0.2) is 23.1 Å². The number of methoxy groups -OCH3 is 1. The second-order valence-corrected chi connectivity index (χ2v) is 5.03. The van der Waals surface area contributed by atoms with E-state index in [9.17, 15) is 0 Å². The van der Waals surface area contributed by atoms with Gasteiger partial charge < -0.3 is 15.4 Å². The Balaban J connectivity index is 2.19. The van der Waals surface area contributed by atoms with Gasteiger partial charge in [-0.1, -0.05) is 13.0 Å². The molecule has 1 atom stereocenters. The summed E-state index contributed by atoms with van der Waals surface area (Å²) in [6.45, 7) is 6.20. The summed E-state index contributed by atoms with van der Waals surface area (Å²) >= 11 is 0. The van der Waals surface area contributed by atoms with Gasteiger partial charge in [0, 0.05) is 29.6 Å². The number of aromatic nitrogens is 2. The maximum Gasteiger partial charge on any atom is 0.225 e. The van der Waals surface area contributed by atoms with Crippen molar-refractivity contribution in [3.05, 3.63) is 36.0 Å². The van der Waals surface area contributed by atoms with Gasteiger partial charge in [-0.25, -0.2) is 4.98 Å². The van der Waals surface area contributed by atoms with Crippen molar-refractivity contribution in [2.75, 3.05) is 17.7 Å². The van der Waals surface area contributed by atoms with Gasteiger partial charge in [0.2, 0.25) is 5.95 Å². The molecule has 0 aliphatic heterocycles. The van der Waals surface area contributed by atoms with Crippen molar-refractivity contribution in [1.29, 1.82) is 0 Å². The lowest BCUT2D eigenvalue weighted by molar-refractivity contribution is 0.415. The van der Waals surface area contributed by atoms with Gasteiger partial charge in [0.25, 0.3) is 0 Å². The number of benzene rings is 1. The van der Waals surface area contributed by atoms with Gasteiger partial charge in [0.1, 0.15) is 11.6 Å². The highest BCUT2D eigenvalue weighted by molar-refractivity contribution is 5.59. The molecule has 5 nitrogen and oxygen atoms in total. The Hall–Kier alpha value is -2.30. The first-order valence-electron chi connectivity index (χ1n) is 7.14. The fourth-order valence-electron chi connectivity index (χ4n) is 1.87. The summed E-state index contributed by atoms with van der Waals surface area (Å²) in [6, 6.07) is 10.0. The molecule has 1 heterocycles. The highest BCUT2D eigenvalue weighted by Gasteiger charge is 2.06. The Bertz CT molecular complexity index is 601. The minimum Gasteiger partial charge on any atom is -0.497 e. The molecule has 21 heavy (non-hydrogen) atoms. The number of nitrogens with zero attached hydrogens (tertiary/aromatic N) is 2. The molecule has 0 amide bonds. The Morgan fingerprint density at radius 3 is 2.76 bits per heavy atom. The SMILES string of the molecule is CCC(C)Nc1nc(C)cc(Nc2cccc(OC)c2)n1. The van der Waals surface area contributed by atoms with E-state index in [0.717, 1.165) is 29.4 Å². The topological polar surface area (TPSA) is 59.1 Å². The van der Waals surface area contributed by atoms with Crippen LogP contribution in [-0.2, 0) is 0 Å². The Morgan fingerprint density at radius 1 is 1.24 bits per heavy atom. The molecule has 0 aliphatic carbocycles. The van der Waals surface area contributed by atoms with Crippen LogP contribution in [0.25, 0.3) is 0 Å². The molecule has 2 N–H and O–H groups in total. The summed E-state index contributed by atoms with van der Waals surface area (Å²) in [5.41, 5.74) is 1.85.